The quantitative estimate of drug-likeness (QED) is 0.175. The van der Waals surface area contributed by atoms with Crippen LogP contribution in [0.4, 0.5) is 0 Å². The number of rotatable bonds is 4. The fraction of sp³-hybridized carbons (Fsp3) is 0.0182. The molecular formula is C55H36N2. The second-order valence-electron chi connectivity index (χ2n) is 15.3. The Labute approximate surface area is 329 Å². The number of H-pyrrole nitrogens is 1. The van der Waals surface area contributed by atoms with E-state index in [0.717, 1.165) is 11.0 Å². The van der Waals surface area contributed by atoms with Crippen LogP contribution in [0.3, 0.4) is 0 Å². The van der Waals surface area contributed by atoms with Crippen LogP contribution in [-0.4, -0.2) is 9.55 Å². The van der Waals surface area contributed by atoms with Gasteiger partial charge in [-0.1, -0.05) is 164 Å². The zero-order valence-electron chi connectivity index (χ0n) is 31.4. The van der Waals surface area contributed by atoms with Gasteiger partial charge < -0.3 is 9.55 Å². The number of aromatic nitrogens is 2. The monoisotopic (exact) mass is 724 g/mol. The first kappa shape index (κ1) is 31.9. The third kappa shape index (κ3) is 4.71. The van der Waals surface area contributed by atoms with Crippen molar-refractivity contribution >= 4 is 75.9 Å². The largest absolute Gasteiger partial charge is 0.354 e. The highest BCUT2D eigenvalue weighted by molar-refractivity contribution is 6.24. The molecule has 0 aliphatic heterocycles. The Morgan fingerprint density at radius 1 is 0.351 bits per heavy atom. The van der Waals surface area contributed by atoms with Crippen LogP contribution in [0.5, 0.6) is 0 Å². The molecule has 0 unspecified atom stereocenters. The predicted molar refractivity (Wildman–Crippen MR) is 244 cm³/mol. The van der Waals surface area contributed by atoms with Crippen LogP contribution in [0.25, 0.3) is 120 Å². The summed E-state index contributed by atoms with van der Waals surface area (Å²) < 4.78 is 2.37. The van der Waals surface area contributed by atoms with Gasteiger partial charge in [-0.3, -0.25) is 0 Å². The maximum atomic E-state index is 3.82. The molecule has 0 aliphatic carbocycles. The van der Waals surface area contributed by atoms with Crippen molar-refractivity contribution in [1.82, 2.24) is 9.55 Å². The van der Waals surface area contributed by atoms with Crippen LogP contribution in [0.15, 0.2) is 194 Å². The number of aromatic amines is 1. The average Bonchev–Trinajstić information content (AvgIpc) is 3.80. The molecule has 12 rings (SSSR count). The van der Waals surface area contributed by atoms with Crippen LogP contribution >= 0.6 is 0 Å². The maximum absolute atomic E-state index is 3.82. The number of para-hydroxylation sites is 4. The van der Waals surface area contributed by atoms with E-state index >= 15 is 0 Å². The first-order chi connectivity index (χ1) is 28.2. The van der Waals surface area contributed by atoms with Gasteiger partial charge in [0.05, 0.1) is 11.0 Å². The highest BCUT2D eigenvalue weighted by Crippen LogP contribution is 2.48. The summed E-state index contributed by atoms with van der Waals surface area (Å²) in [7, 11) is 2.21. The summed E-state index contributed by atoms with van der Waals surface area (Å²) in [5.74, 6) is 0. The average molecular weight is 725 g/mol. The van der Waals surface area contributed by atoms with Gasteiger partial charge in [0.15, 0.2) is 0 Å². The molecule has 2 nitrogen and oxygen atoms in total. The van der Waals surface area contributed by atoms with Crippen LogP contribution in [0.2, 0.25) is 0 Å². The molecule has 0 spiro atoms. The van der Waals surface area contributed by atoms with Gasteiger partial charge in [-0.15, -0.1) is 0 Å². The summed E-state index contributed by atoms with van der Waals surface area (Å²) in [6, 6.07) is 71.7. The zero-order chi connectivity index (χ0) is 37.6. The van der Waals surface area contributed by atoms with Crippen molar-refractivity contribution in [3.63, 3.8) is 0 Å². The molecule has 0 aliphatic rings. The molecule has 266 valence electrons. The lowest BCUT2D eigenvalue weighted by Crippen LogP contribution is -1.94. The maximum Gasteiger partial charge on any atom is 0.0568 e. The lowest BCUT2D eigenvalue weighted by Gasteiger charge is -2.20. The van der Waals surface area contributed by atoms with E-state index < -0.39 is 0 Å². The van der Waals surface area contributed by atoms with E-state index in [0.29, 0.717) is 0 Å². The summed E-state index contributed by atoms with van der Waals surface area (Å²) in [6.45, 7) is 0. The Kier molecular flexibility index (Phi) is 6.88. The molecule has 0 fully saturated rings. The third-order valence-corrected chi connectivity index (χ3v) is 12.3. The molecule has 0 bridgehead atoms. The summed E-state index contributed by atoms with van der Waals surface area (Å²) in [4.78, 5) is 3.82. The highest BCUT2D eigenvalue weighted by Gasteiger charge is 2.22. The predicted octanol–water partition coefficient (Wildman–Crippen LogP) is 15.1. The summed E-state index contributed by atoms with van der Waals surface area (Å²) in [6.07, 6.45) is 0. The molecule has 2 heterocycles. The van der Waals surface area contributed by atoms with Gasteiger partial charge in [-0.2, -0.15) is 0 Å². The van der Waals surface area contributed by atoms with Gasteiger partial charge in [0, 0.05) is 50.8 Å². The Morgan fingerprint density at radius 2 is 0.895 bits per heavy atom. The smallest absolute Gasteiger partial charge is 0.0568 e. The van der Waals surface area contributed by atoms with Crippen molar-refractivity contribution in [2.24, 2.45) is 7.05 Å². The fourth-order valence-corrected chi connectivity index (χ4v) is 9.78. The first-order valence-electron chi connectivity index (χ1n) is 19.7. The van der Waals surface area contributed by atoms with Gasteiger partial charge >= 0.3 is 0 Å². The molecule has 0 saturated carbocycles. The second kappa shape index (κ2) is 12.3. The molecule has 0 saturated heterocycles. The Morgan fingerprint density at radius 3 is 1.65 bits per heavy atom. The molecule has 2 aromatic heterocycles. The SMILES string of the molecule is Cn1c2ccccc2c2cccc(-c3cccc4c(-c5cc6ccccc6cc5-c5ccccc5)c5cccc(-c6cccc7c6[nH]c6ccccc67)c5cc34)c21. The number of hydrogen-bond donors (Lipinski definition) is 1. The van der Waals surface area contributed by atoms with Crippen molar-refractivity contribution < 1.29 is 0 Å². The van der Waals surface area contributed by atoms with Crippen molar-refractivity contribution in [2.75, 3.05) is 0 Å². The molecule has 0 atom stereocenters. The number of nitrogens with zero attached hydrogens (tertiary/aromatic N) is 1. The van der Waals surface area contributed by atoms with Gasteiger partial charge in [-0.05, 0) is 96.0 Å². The highest BCUT2D eigenvalue weighted by atomic mass is 14.9. The van der Waals surface area contributed by atoms with Crippen molar-refractivity contribution in [2.45, 2.75) is 0 Å². The summed E-state index contributed by atoms with van der Waals surface area (Å²) in [5, 5.41) is 12.4. The van der Waals surface area contributed by atoms with Gasteiger partial charge in [0.1, 0.15) is 0 Å². The topological polar surface area (TPSA) is 20.7 Å². The number of aryl methyl sites for hydroxylation is 1. The molecular weight excluding hydrogens is 689 g/mol. The van der Waals surface area contributed by atoms with E-state index in [4.69, 9.17) is 0 Å². The number of nitrogens with one attached hydrogen (secondary N) is 1. The van der Waals surface area contributed by atoms with E-state index in [1.54, 1.807) is 0 Å². The van der Waals surface area contributed by atoms with Crippen LogP contribution in [-0.2, 0) is 7.05 Å². The van der Waals surface area contributed by atoms with Crippen molar-refractivity contribution in [1.29, 1.82) is 0 Å². The van der Waals surface area contributed by atoms with E-state index in [2.05, 4.69) is 211 Å². The Balaban J connectivity index is 1.26. The summed E-state index contributed by atoms with van der Waals surface area (Å²) >= 11 is 0. The molecule has 57 heavy (non-hydrogen) atoms. The van der Waals surface area contributed by atoms with Crippen molar-refractivity contribution in [3.05, 3.63) is 194 Å². The molecule has 1 N–H and O–H groups in total. The third-order valence-electron chi connectivity index (χ3n) is 12.3. The van der Waals surface area contributed by atoms with Gasteiger partial charge in [-0.25, -0.2) is 0 Å². The van der Waals surface area contributed by atoms with Crippen LogP contribution in [0, 0.1) is 0 Å². The zero-order valence-corrected chi connectivity index (χ0v) is 31.4. The minimum absolute atomic E-state index is 1.15. The Bertz CT molecular complexity index is 3580. The number of hydrogen-bond acceptors (Lipinski definition) is 0. The Hall–Kier alpha value is -7.42. The minimum Gasteiger partial charge on any atom is -0.354 e. The normalized spacial score (nSPS) is 11.9. The van der Waals surface area contributed by atoms with E-state index in [-0.39, 0.29) is 0 Å². The first-order valence-corrected chi connectivity index (χ1v) is 19.7. The second-order valence-corrected chi connectivity index (χ2v) is 15.3. The van der Waals surface area contributed by atoms with Crippen molar-refractivity contribution in [3.8, 4) is 44.5 Å². The molecule has 0 amide bonds. The summed E-state index contributed by atoms with van der Waals surface area (Å²) in [5.41, 5.74) is 14.6. The molecule has 2 heteroatoms. The van der Waals surface area contributed by atoms with Crippen LogP contribution < -0.4 is 0 Å². The van der Waals surface area contributed by atoms with E-state index in [1.807, 2.05) is 0 Å². The molecule has 0 radical (unpaired) electrons. The number of benzene rings is 10. The minimum atomic E-state index is 1.15. The van der Waals surface area contributed by atoms with Gasteiger partial charge in [0.2, 0.25) is 0 Å². The van der Waals surface area contributed by atoms with E-state index in [9.17, 15) is 0 Å². The lowest BCUT2D eigenvalue weighted by atomic mass is 9.83. The van der Waals surface area contributed by atoms with Crippen LogP contribution in [0.1, 0.15) is 0 Å². The lowest BCUT2D eigenvalue weighted by molar-refractivity contribution is 1.02. The van der Waals surface area contributed by atoms with Gasteiger partial charge in [0.25, 0.3) is 0 Å². The standard InChI is InChI=1S/C55H36N2/c1-57-52-30-10-8-20-40(52)46-28-14-27-45(55(46)57)38-22-12-24-42-49(38)33-48-37(43-25-13-26-44-39-19-7-9-29-51(39)56-54(43)44)21-11-23-41(48)53(42)50-32-36-18-6-5-17-35(36)31-47(50)34-15-3-2-4-16-34/h2-33,56H,1H3. The molecule has 12 aromatic rings. The fourth-order valence-electron chi connectivity index (χ4n) is 9.78. The number of fused-ring (bicyclic) bond motifs is 9. The van der Waals surface area contributed by atoms with E-state index in [1.165, 1.54) is 109 Å². The molecule has 10 aromatic carbocycles.